The van der Waals surface area contributed by atoms with Gasteiger partial charge in [-0.15, -0.1) is 0 Å². The molecular formula is C6H11Cl2NO2. The molecule has 0 aliphatic carbocycles. The van der Waals surface area contributed by atoms with Crippen molar-refractivity contribution in [3.63, 3.8) is 0 Å². The second-order valence-electron chi connectivity index (χ2n) is 2.43. The number of carbonyl (C=O) groups is 1. The largest absolute Gasteiger partial charge is 0.375 e. The topological polar surface area (TPSA) is 52.3 Å². The summed E-state index contributed by atoms with van der Waals surface area (Å²) < 4.78 is 3.40. The summed E-state index contributed by atoms with van der Waals surface area (Å²) in [5.74, 6) is -0.790. The SMILES string of the molecule is CC(C)OCC(Cl)(Cl)C(N)=O. The Balaban J connectivity index is 3.83. The van der Waals surface area contributed by atoms with Crippen molar-refractivity contribution in [1.29, 1.82) is 0 Å². The first-order chi connectivity index (χ1) is 4.86. The van der Waals surface area contributed by atoms with Crippen LogP contribution in [0, 0.1) is 0 Å². The van der Waals surface area contributed by atoms with Crippen molar-refractivity contribution in [2.24, 2.45) is 5.73 Å². The van der Waals surface area contributed by atoms with E-state index in [2.05, 4.69) is 0 Å². The summed E-state index contributed by atoms with van der Waals surface area (Å²) in [4.78, 5) is 10.5. The summed E-state index contributed by atoms with van der Waals surface area (Å²) in [7, 11) is 0. The number of nitrogens with two attached hydrogens (primary N) is 1. The second kappa shape index (κ2) is 4.14. The molecule has 0 rings (SSSR count). The molecule has 2 N–H and O–H groups in total. The van der Waals surface area contributed by atoms with E-state index in [4.69, 9.17) is 33.7 Å². The third-order valence-corrected chi connectivity index (χ3v) is 1.55. The number of halogens is 2. The van der Waals surface area contributed by atoms with E-state index < -0.39 is 10.2 Å². The molecule has 0 aromatic heterocycles. The van der Waals surface area contributed by atoms with Crippen LogP contribution < -0.4 is 5.73 Å². The van der Waals surface area contributed by atoms with Crippen LogP contribution in [-0.2, 0) is 9.53 Å². The Labute approximate surface area is 75.8 Å². The van der Waals surface area contributed by atoms with Crippen LogP contribution in [-0.4, -0.2) is 23.0 Å². The molecule has 0 saturated heterocycles. The van der Waals surface area contributed by atoms with Crippen LogP contribution in [0.3, 0.4) is 0 Å². The highest BCUT2D eigenvalue weighted by Gasteiger charge is 2.31. The van der Waals surface area contributed by atoms with Gasteiger partial charge in [0.05, 0.1) is 12.7 Å². The van der Waals surface area contributed by atoms with Gasteiger partial charge in [-0.2, -0.15) is 0 Å². The average molecular weight is 200 g/mol. The summed E-state index contributed by atoms with van der Waals surface area (Å²) in [6.07, 6.45) is -0.0220. The predicted molar refractivity (Wildman–Crippen MR) is 44.7 cm³/mol. The zero-order valence-corrected chi connectivity index (χ0v) is 7.95. The number of ether oxygens (including phenoxy) is 1. The standard InChI is InChI=1S/C6H11Cl2NO2/c1-4(2)11-3-6(7,8)5(9)10/h4H,3H2,1-2H3,(H2,9,10). The van der Waals surface area contributed by atoms with Crippen molar-refractivity contribution in [2.75, 3.05) is 6.61 Å². The van der Waals surface area contributed by atoms with Crippen molar-refractivity contribution in [2.45, 2.75) is 24.3 Å². The number of carbonyl (C=O) groups excluding carboxylic acids is 1. The van der Waals surface area contributed by atoms with E-state index in [-0.39, 0.29) is 12.7 Å². The Bertz CT molecular complexity index is 148. The Kier molecular flexibility index (Phi) is 4.14. The highest BCUT2D eigenvalue weighted by molar-refractivity contribution is 6.58. The molecule has 0 spiro atoms. The second-order valence-corrected chi connectivity index (χ2v) is 3.91. The van der Waals surface area contributed by atoms with Gasteiger partial charge >= 0.3 is 0 Å². The molecule has 3 nitrogen and oxygen atoms in total. The Morgan fingerprint density at radius 3 is 2.36 bits per heavy atom. The minimum atomic E-state index is -1.61. The average Bonchev–Trinajstić information content (AvgIpc) is 1.84. The summed E-state index contributed by atoms with van der Waals surface area (Å²) >= 11 is 11.0. The fourth-order valence-corrected chi connectivity index (χ4v) is 0.468. The normalized spacial score (nSPS) is 12.1. The molecule has 0 fully saturated rings. The van der Waals surface area contributed by atoms with Crippen molar-refractivity contribution in [3.05, 3.63) is 0 Å². The van der Waals surface area contributed by atoms with E-state index in [0.29, 0.717) is 0 Å². The number of amides is 1. The molecule has 0 heterocycles. The van der Waals surface area contributed by atoms with E-state index in [1.165, 1.54) is 0 Å². The van der Waals surface area contributed by atoms with Crippen molar-refractivity contribution < 1.29 is 9.53 Å². The maximum Gasteiger partial charge on any atom is 0.256 e. The lowest BCUT2D eigenvalue weighted by atomic mass is 10.4. The van der Waals surface area contributed by atoms with E-state index >= 15 is 0 Å². The molecule has 0 aromatic rings. The van der Waals surface area contributed by atoms with E-state index in [0.717, 1.165) is 0 Å². The Hall–Kier alpha value is 0.01000. The van der Waals surface area contributed by atoms with Gasteiger partial charge in [-0.25, -0.2) is 0 Å². The van der Waals surface area contributed by atoms with E-state index in [1.54, 1.807) is 0 Å². The first-order valence-corrected chi connectivity index (χ1v) is 3.91. The van der Waals surface area contributed by atoms with Gasteiger partial charge in [0, 0.05) is 0 Å². The van der Waals surface area contributed by atoms with Crippen LogP contribution in [0.5, 0.6) is 0 Å². The third kappa shape index (κ3) is 4.45. The highest BCUT2D eigenvalue weighted by atomic mass is 35.5. The molecule has 0 saturated carbocycles. The minimum absolute atomic E-state index is 0.0220. The van der Waals surface area contributed by atoms with Crippen LogP contribution >= 0.6 is 23.2 Å². The van der Waals surface area contributed by atoms with Crippen LogP contribution in [0.15, 0.2) is 0 Å². The van der Waals surface area contributed by atoms with Crippen LogP contribution in [0.4, 0.5) is 0 Å². The fourth-order valence-electron chi connectivity index (χ4n) is 0.342. The zero-order valence-electron chi connectivity index (χ0n) is 6.43. The van der Waals surface area contributed by atoms with Crippen molar-refractivity contribution >= 4 is 29.1 Å². The number of hydrogen-bond acceptors (Lipinski definition) is 2. The number of primary amides is 1. The van der Waals surface area contributed by atoms with Crippen molar-refractivity contribution in [3.8, 4) is 0 Å². The molecule has 5 heteroatoms. The quantitative estimate of drug-likeness (QED) is 0.690. The summed E-state index contributed by atoms with van der Waals surface area (Å²) in [5, 5.41) is 0. The number of alkyl halides is 2. The molecule has 66 valence electrons. The fraction of sp³-hybridized carbons (Fsp3) is 0.833. The maximum absolute atomic E-state index is 10.5. The molecule has 0 aliphatic heterocycles. The molecule has 0 unspecified atom stereocenters. The summed E-state index contributed by atoms with van der Waals surface area (Å²) in [5.41, 5.74) is 4.87. The number of hydrogen-bond donors (Lipinski definition) is 1. The van der Waals surface area contributed by atoms with Gasteiger partial charge in [-0.3, -0.25) is 4.79 Å². The molecule has 0 bridgehead atoms. The Morgan fingerprint density at radius 1 is 1.64 bits per heavy atom. The predicted octanol–water partition coefficient (Wildman–Crippen LogP) is 1.07. The van der Waals surface area contributed by atoms with Crippen LogP contribution in [0.1, 0.15) is 13.8 Å². The first kappa shape index (κ1) is 11.0. The van der Waals surface area contributed by atoms with Crippen LogP contribution in [0.25, 0.3) is 0 Å². The molecule has 0 radical (unpaired) electrons. The van der Waals surface area contributed by atoms with Crippen LogP contribution in [0.2, 0.25) is 0 Å². The van der Waals surface area contributed by atoms with E-state index in [1.807, 2.05) is 13.8 Å². The van der Waals surface area contributed by atoms with Gasteiger partial charge in [0.25, 0.3) is 5.91 Å². The maximum atomic E-state index is 10.5. The van der Waals surface area contributed by atoms with Crippen molar-refractivity contribution in [1.82, 2.24) is 0 Å². The minimum Gasteiger partial charge on any atom is -0.375 e. The van der Waals surface area contributed by atoms with Gasteiger partial charge in [-0.1, -0.05) is 23.2 Å². The van der Waals surface area contributed by atoms with E-state index in [9.17, 15) is 4.79 Å². The summed E-state index contributed by atoms with van der Waals surface area (Å²) in [6, 6.07) is 0. The third-order valence-electron chi connectivity index (χ3n) is 0.958. The van der Waals surface area contributed by atoms with Gasteiger partial charge in [-0.05, 0) is 13.8 Å². The highest BCUT2D eigenvalue weighted by Crippen LogP contribution is 2.20. The first-order valence-electron chi connectivity index (χ1n) is 3.15. The Morgan fingerprint density at radius 2 is 2.09 bits per heavy atom. The van der Waals surface area contributed by atoms with Gasteiger partial charge < -0.3 is 10.5 Å². The smallest absolute Gasteiger partial charge is 0.256 e. The lowest BCUT2D eigenvalue weighted by Crippen LogP contribution is -2.38. The van der Waals surface area contributed by atoms with Gasteiger partial charge in [0.15, 0.2) is 0 Å². The monoisotopic (exact) mass is 199 g/mol. The van der Waals surface area contributed by atoms with Gasteiger partial charge in [0.2, 0.25) is 4.33 Å². The van der Waals surface area contributed by atoms with Gasteiger partial charge in [0.1, 0.15) is 0 Å². The number of rotatable bonds is 4. The molecule has 0 atom stereocenters. The molecule has 1 amide bonds. The zero-order chi connectivity index (χ0) is 9.07. The molecule has 0 aromatic carbocycles. The lowest BCUT2D eigenvalue weighted by molar-refractivity contribution is -0.120. The summed E-state index contributed by atoms with van der Waals surface area (Å²) in [6.45, 7) is 3.54. The molecule has 11 heavy (non-hydrogen) atoms. The lowest BCUT2D eigenvalue weighted by Gasteiger charge is -2.16. The molecule has 0 aliphatic rings. The molecular weight excluding hydrogens is 189 g/mol.